The van der Waals surface area contributed by atoms with E-state index in [1.54, 1.807) is 16.8 Å². The molecule has 1 aromatic heterocycles. The van der Waals surface area contributed by atoms with Gasteiger partial charge in [0.2, 0.25) is 5.95 Å². The molecule has 174 valence electrons. The highest BCUT2D eigenvalue weighted by Gasteiger charge is 2.25. The van der Waals surface area contributed by atoms with Gasteiger partial charge < -0.3 is 5.32 Å². The number of benzene rings is 3. The largest absolute Gasteiger partial charge is 0.324 e. The fourth-order valence-electron chi connectivity index (χ4n) is 3.67. The lowest BCUT2D eigenvalue weighted by Gasteiger charge is -2.24. The monoisotopic (exact) mass is 521 g/mol. The second-order valence-electron chi connectivity index (χ2n) is 7.76. The Bertz CT molecular complexity index is 1440. The molecule has 6 nitrogen and oxygen atoms in total. The van der Waals surface area contributed by atoms with Crippen molar-refractivity contribution in [2.45, 2.75) is 6.04 Å². The van der Waals surface area contributed by atoms with E-state index in [1.165, 1.54) is 6.08 Å². The zero-order valence-electron chi connectivity index (χ0n) is 18.1. The van der Waals surface area contributed by atoms with E-state index >= 15 is 0 Å². The minimum atomic E-state index is -0.373. The van der Waals surface area contributed by atoms with Crippen molar-refractivity contribution in [3.8, 4) is 0 Å². The molecule has 4 aromatic rings. The van der Waals surface area contributed by atoms with E-state index in [2.05, 4.69) is 20.7 Å². The fourth-order valence-corrected chi connectivity index (χ4v) is 4.12. The Morgan fingerprint density at radius 2 is 1.63 bits per heavy atom. The lowest BCUT2D eigenvalue weighted by molar-refractivity contribution is -0.111. The summed E-state index contributed by atoms with van der Waals surface area (Å²) in [5.41, 5.74) is 3.49. The second kappa shape index (κ2) is 9.96. The Morgan fingerprint density at radius 1 is 0.943 bits per heavy atom. The zero-order valence-corrected chi connectivity index (χ0v) is 20.4. The molecule has 1 amide bonds. The number of allylic oxidation sites excluding steroid dienone is 1. The molecule has 2 heterocycles. The van der Waals surface area contributed by atoms with Crippen LogP contribution in [0.4, 0.5) is 11.9 Å². The number of anilines is 2. The summed E-state index contributed by atoms with van der Waals surface area (Å²) in [4.78, 5) is 17.0. The number of hydrogen-bond acceptors (Lipinski definition) is 4. The van der Waals surface area contributed by atoms with Crippen molar-refractivity contribution in [1.29, 1.82) is 0 Å². The van der Waals surface area contributed by atoms with Crippen LogP contribution in [0.3, 0.4) is 0 Å². The highest BCUT2D eigenvalue weighted by atomic mass is 35.5. The van der Waals surface area contributed by atoms with Crippen molar-refractivity contribution in [2.75, 3.05) is 10.6 Å². The van der Waals surface area contributed by atoms with Gasteiger partial charge in [-0.05, 0) is 59.2 Å². The smallest absolute Gasteiger partial charge is 0.250 e. The molecule has 1 unspecified atom stereocenters. The van der Waals surface area contributed by atoms with E-state index in [-0.39, 0.29) is 17.9 Å². The van der Waals surface area contributed by atoms with Crippen molar-refractivity contribution >= 4 is 64.4 Å². The second-order valence-corrected chi connectivity index (χ2v) is 9.04. The topological polar surface area (TPSA) is 71.8 Å². The Morgan fingerprint density at radius 3 is 2.34 bits per heavy atom. The van der Waals surface area contributed by atoms with Crippen molar-refractivity contribution in [3.05, 3.63) is 117 Å². The van der Waals surface area contributed by atoms with Crippen LogP contribution in [0.1, 0.15) is 22.7 Å². The Hall–Kier alpha value is -3.58. The number of carbonyl (C=O) groups is 1. The highest BCUT2D eigenvalue weighted by Crippen LogP contribution is 2.34. The molecule has 1 atom stereocenters. The lowest BCUT2D eigenvalue weighted by Crippen LogP contribution is -2.20. The number of aromatic nitrogens is 3. The maximum Gasteiger partial charge on any atom is 0.250 e. The van der Waals surface area contributed by atoms with Gasteiger partial charge >= 0.3 is 0 Å². The number of hydrogen-bond donors (Lipinski definition) is 2. The van der Waals surface area contributed by atoms with Crippen LogP contribution in [0.2, 0.25) is 15.1 Å². The third-order valence-electron chi connectivity index (χ3n) is 5.39. The summed E-state index contributed by atoms with van der Waals surface area (Å²) < 4.78 is 1.72. The summed E-state index contributed by atoms with van der Waals surface area (Å²) in [6, 6.07) is 22.0. The average Bonchev–Trinajstić information content (AvgIpc) is 3.26. The molecule has 0 fully saturated rings. The van der Waals surface area contributed by atoms with E-state index < -0.39 is 0 Å². The summed E-state index contributed by atoms with van der Waals surface area (Å²) in [5, 5.41) is 12.4. The molecule has 3 aromatic carbocycles. The van der Waals surface area contributed by atoms with Gasteiger partial charge in [0.05, 0.1) is 0 Å². The van der Waals surface area contributed by atoms with E-state index in [9.17, 15) is 4.79 Å². The van der Waals surface area contributed by atoms with Gasteiger partial charge in [-0.2, -0.15) is 4.98 Å². The number of fused-ring (bicyclic) bond motifs is 1. The standard InChI is InChI=1S/C26H18Cl3N5O/c27-19-10-5-17(6-11-19)22-15-23(18-7-12-20(28)13-8-18)34-26(30-22)32-25(33-34)31-24(35)14-9-16-3-1-2-4-21(16)29/h1-15,23H,(H2,30,31,32,33,35). The van der Waals surface area contributed by atoms with Gasteiger partial charge in [-0.15, -0.1) is 5.10 Å². The molecule has 0 radical (unpaired) electrons. The van der Waals surface area contributed by atoms with Crippen molar-refractivity contribution in [3.63, 3.8) is 0 Å². The molecule has 1 aliphatic rings. The predicted octanol–water partition coefficient (Wildman–Crippen LogP) is 6.95. The molecule has 35 heavy (non-hydrogen) atoms. The molecule has 0 bridgehead atoms. The molecule has 0 spiro atoms. The van der Waals surface area contributed by atoms with Crippen LogP contribution in [0.15, 0.2) is 84.9 Å². The highest BCUT2D eigenvalue weighted by molar-refractivity contribution is 6.32. The van der Waals surface area contributed by atoms with Gasteiger partial charge in [0.25, 0.3) is 11.9 Å². The summed E-state index contributed by atoms with van der Waals surface area (Å²) in [7, 11) is 0. The van der Waals surface area contributed by atoms with Gasteiger partial charge in [0.15, 0.2) is 0 Å². The van der Waals surface area contributed by atoms with Crippen LogP contribution in [0.5, 0.6) is 0 Å². The van der Waals surface area contributed by atoms with Crippen molar-refractivity contribution < 1.29 is 4.79 Å². The third-order valence-corrected chi connectivity index (χ3v) is 6.24. The zero-order chi connectivity index (χ0) is 24.4. The molecule has 1 aliphatic heterocycles. The van der Waals surface area contributed by atoms with E-state index in [0.29, 0.717) is 21.0 Å². The molecule has 2 N–H and O–H groups in total. The first-order valence-electron chi connectivity index (χ1n) is 10.7. The van der Waals surface area contributed by atoms with Crippen molar-refractivity contribution in [1.82, 2.24) is 14.8 Å². The SMILES string of the molecule is O=C(C=Cc1ccccc1Cl)Nc1nc2n(n1)C(c1ccc(Cl)cc1)C=C(c1ccc(Cl)cc1)N2. The quantitative estimate of drug-likeness (QED) is 0.278. The summed E-state index contributed by atoms with van der Waals surface area (Å²) in [6.45, 7) is 0. The summed E-state index contributed by atoms with van der Waals surface area (Å²) >= 11 is 18.3. The van der Waals surface area contributed by atoms with Crippen LogP contribution < -0.4 is 10.6 Å². The molecule has 0 saturated heterocycles. The van der Waals surface area contributed by atoms with Crippen LogP contribution in [0.25, 0.3) is 11.8 Å². The van der Waals surface area contributed by atoms with E-state index in [0.717, 1.165) is 22.4 Å². The molecule has 0 aliphatic carbocycles. The third kappa shape index (κ3) is 5.25. The van der Waals surface area contributed by atoms with Gasteiger partial charge in [0.1, 0.15) is 6.04 Å². The van der Waals surface area contributed by atoms with Gasteiger partial charge in [-0.25, -0.2) is 4.68 Å². The maximum atomic E-state index is 12.5. The van der Waals surface area contributed by atoms with Crippen LogP contribution >= 0.6 is 34.8 Å². The Labute approximate surface area is 216 Å². The number of nitrogens with zero attached hydrogens (tertiary/aromatic N) is 3. The van der Waals surface area contributed by atoms with E-state index in [4.69, 9.17) is 34.8 Å². The maximum absolute atomic E-state index is 12.5. The Balaban J connectivity index is 1.44. The molecule has 5 rings (SSSR count). The molecule has 0 saturated carbocycles. The average molecular weight is 523 g/mol. The molecular formula is C26H18Cl3N5O. The first-order valence-corrected chi connectivity index (χ1v) is 11.8. The van der Waals surface area contributed by atoms with Crippen molar-refractivity contribution in [2.24, 2.45) is 0 Å². The van der Waals surface area contributed by atoms with Crippen LogP contribution in [-0.4, -0.2) is 20.7 Å². The van der Waals surface area contributed by atoms with Gasteiger partial charge in [-0.3, -0.25) is 10.1 Å². The Kier molecular flexibility index (Phi) is 6.59. The van der Waals surface area contributed by atoms with E-state index in [1.807, 2.05) is 72.8 Å². The normalized spacial score (nSPS) is 14.8. The van der Waals surface area contributed by atoms with Gasteiger partial charge in [-0.1, -0.05) is 77.3 Å². The molecular weight excluding hydrogens is 505 g/mol. The first kappa shape index (κ1) is 23.2. The van der Waals surface area contributed by atoms with Crippen LogP contribution in [0, 0.1) is 0 Å². The first-order chi connectivity index (χ1) is 17.0. The van der Waals surface area contributed by atoms with Gasteiger partial charge in [0, 0.05) is 26.8 Å². The fraction of sp³-hybridized carbons (Fsp3) is 0.0385. The van der Waals surface area contributed by atoms with Crippen LogP contribution in [-0.2, 0) is 4.79 Å². The summed E-state index contributed by atoms with van der Waals surface area (Å²) in [5.74, 6) is 0.288. The predicted molar refractivity (Wildman–Crippen MR) is 142 cm³/mol. The number of rotatable bonds is 5. The number of nitrogens with one attached hydrogen (secondary N) is 2. The molecule has 9 heteroatoms. The number of carbonyl (C=O) groups excluding carboxylic acids is 1. The minimum Gasteiger partial charge on any atom is -0.324 e. The number of halogens is 3. The summed E-state index contributed by atoms with van der Waals surface area (Å²) in [6.07, 6.45) is 5.07. The minimum absolute atomic E-state index is 0.172. The number of amides is 1. The lowest BCUT2D eigenvalue weighted by atomic mass is 10.0.